The van der Waals surface area contributed by atoms with E-state index in [1.807, 2.05) is 6.92 Å². The van der Waals surface area contributed by atoms with E-state index in [4.69, 9.17) is 0 Å². The average molecular weight is 281 g/mol. The third-order valence-electron chi connectivity index (χ3n) is 2.54. The van der Waals surface area contributed by atoms with Gasteiger partial charge < -0.3 is 5.11 Å². The van der Waals surface area contributed by atoms with Crippen molar-refractivity contribution < 1.29 is 17.9 Å². The van der Waals surface area contributed by atoms with Crippen molar-refractivity contribution in [3.8, 4) is 5.75 Å². The Morgan fingerprint density at radius 3 is 2.32 bits per heavy atom. The van der Waals surface area contributed by atoms with Crippen LogP contribution < -0.4 is 4.72 Å². The fourth-order valence-corrected chi connectivity index (χ4v) is 2.59. The number of anilines is 1. The molecule has 6 heteroatoms. The number of sulfonamides is 1. The molecule has 0 aliphatic rings. The van der Waals surface area contributed by atoms with Crippen molar-refractivity contribution in [3.05, 3.63) is 53.8 Å². The predicted molar refractivity (Wildman–Crippen MR) is 70.1 cm³/mol. The van der Waals surface area contributed by atoms with Crippen molar-refractivity contribution in [1.29, 1.82) is 0 Å². The molecule has 0 atom stereocenters. The number of halogens is 1. The smallest absolute Gasteiger partial charge is 0.262 e. The van der Waals surface area contributed by atoms with Crippen LogP contribution in [0, 0.1) is 12.7 Å². The summed E-state index contributed by atoms with van der Waals surface area (Å²) in [7, 11) is -3.80. The Hall–Kier alpha value is -2.08. The van der Waals surface area contributed by atoms with E-state index >= 15 is 0 Å². The second kappa shape index (κ2) is 4.89. The topological polar surface area (TPSA) is 66.4 Å². The van der Waals surface area contributed by atoms with Gasteiger partial charge in [-0.25, -0.2) is 12.8 Å². The molecule has 0 heterocycles. The molecule has 0 fully saturated rings. The molecule has 2 aromatic carbocycles. The van der Waals surface area contributed by atoms with Gasteiger partial charge in [-0.1, -0.05) is 17.7 Å². The van der Waals surface area contributed by atoms with Gasteiger partial charge in [0.15, 0.2) is 0 Å². The fraction of sp³-hybridized carbons (Fsp3) is 0.0769. The van der Waals surface area contributed by atoms with Gasteiger partial charge in [0, 0.05) is 6.07 Å². The van der Waals surface area contributed by atoms with Crippen molar-refractivity contribution in [2.45, 2.75) is 11.8 Å². The maximum atomic E-state index is 12.8. The number of nitrogens with one attached hydrogen (secondary N) is 1. The molecule has 2 rings (SSSR count). The lowest BCUT2D eigenvalue weighted by atomic mass is 10.2. The van der Waals surface area contributed by atoms with Crippen LogP contribution in [0.1, 0.15) is 5.56 Å². The van der Waals surface area contributed by atoms with E-state index in [0.29, 0.717) is 0 Å². The van der Waals surface area contributed by atoms with E-state index in [-0.39, 0.29) is 10.6 Å². The minimum absolute atomic E-state index is 0.0676. The number of phenols is 1. The van der Waals surface area contributed by atoms with E-state index in [2.05, 4.69) is 4.72 Å². The number of phenolic OH excluding ortho intramolecular Hbond substituents is 1. The monoisotopic (exact) mass is 281 g/mol. The highest BCUT2D eigenvalue weighted by Crippen LogP contribution is 2.26. The lowest BCUT2D eigenvalue weighted by Gasteiger charge is -2.09. The van der Waals surface area contributed by atoms with Gasteiger partial charge in [-0.2, -0.15) is 0 Å². The molecule has 0 saturated heterocycles. The molecule has 100 valence electrons. The molecule has 2 aromatic rings. The first-order valence-corrected chi connectivity index (χ1v) is 6.95. The Morgan fingerprint density at radius 2 is 1.74 bits per heavy atom. The summed E-state index contributed by atoms with van der Waals surface area (Å²) in [4.78, 5) is 0.0711. The summed E-state index contributed by atoms with van der Waals surface area (Å²) in [5.41, 5.74) is 0.866. The first kappa shape index (κ1) is 13.4. The van der Waals surface area contributed by atoms with Crippen LogP contribution in [0.2, 0.25) is 0 Å². The first-order valence-electron chi connectivity index (χ1n) is 5.46. The van der Waals surface area contributed by atoms with Crippen LogP contribution in [0.3, 0.4) is 0 Å². The van der Waals surface area contributed by atoms with Crippen LogP contribution in [0.4, 0.5) is 10.1 Å². The Labute approximate surface area is 110 Å². The number of hydrogen-bond acceptors (Lipinski definition) is 3. The van der Waals surface area contributed by atoms with Gasteiger partial charge in [0.1, 0.15) is 11.6 Å². The Balaban J connectivity index is 2.33. The van der Waals surface area contributed by atoms with Gasteiger partial charge in [0.25, 0.3) is 10.0 Å². The lowest BCUT2D eigenvalue weighted by Crippen LogP contribution is -2.13. The molecule has 19 heavy (non-hydrogen) atoms. The van der Waals surface area contributed by atoms with Crippen LogP contribution in [0.15, 0.2) is 47.4 Å². The van der Waals surface area contributed by atoms with Crippen molar-refractivity contribution in [3.63, 3.8) is 0 Å². The van der Waals surface area contributed by atoms with E-state index in [0.717, 1.165) is 23.8 Å². The van der Waals surface area contributed by atoms with Crippen molar-refractivity contribution in [1.82, 2.24) is 0 Å². The van der Waals surface area contributed by atoms with Gasteiger partial charge in [0.05, 0.1) is 10.6 Å². The Bertz CT molecular complexity index is 696. The summed E-state index contributed by atoms with van der Waals surface area (Å²) in [6.45, 7) is 1.84. The highest BCUT2D eigenvalue weighted by atomic mass is 32.2. The van der Waals surface area contributed by atoms with Crippen LogP contribution in [0.5, 0.6) is 5.75 Å². The van der Waals surface area contributed by atoms with Gasteiger partial charge in [-0.15, -0.1) is 0 Å². The summed E-state index contributed by atoms with van der Waals surface area (Å²) in [6, 6.07) is 9.31. The maximum Gasteiger partial charge on any atom is 0.262 e. The molecule has 2 N–H and O–H groups in total. The van der Waals surface area contributed by atoms with E-state index < -0.39 is 21.6 Å². The molecule has 0 radical (unpaired) electrons. The standard InChI is InChI=1S/C13H12FNO3S/c1-9-2-5-11(6-3-9)19(17,18)15-12-7-4-10(14)8-13(12)16/h2-8,15-16H,1H3. The summed E-state index contributed by atoms with van der Waals surface area (Å²) in [6.07, 6.45) is 0. The van der Waals surface area contributed by atoms with E-state index in [9.17, 15) is 17.9 Å². The van der Waals surface area contributed by atoms with Crippen LogP contribution >= 0.6 is 0 Å². The molecule has 0 saturated carbocycles. The normalized spacial score (nSPS) is 11.3. The third-order valence-corrected chi connectivity index (χ3v) is 3.92. The highest BCUT2D eigenvalue weighted by molar-refractivity contribution is 7.92. The Morgan fingerprint density at radius 1 is 1.11 bits per heavy atom. The lowest BCUT2D eigenvalue weighted by molar-refractivity contribution is 0.471. The van der Waals surface area contributed by atoms with Gasteiger partial charge in [0.2, 0.25) is 0 Å². The molecule has 0 unspecified atom stereocenters. The minimum atomic E-state index is -3.80. The van der Waals surface area contributed by atoms with Crippen LogP contribution in [-0.4, -0.2) is 13.5 Å². The molecule has 0 spiro atoms. The molecule has 0 bridgehead atoms. The number of aryl methyl sites for hydroxylation is 1. The summed E-state index contributed by atoms with van der Waals surface area (Å²) in [5, 5.41) is 9.48. The molecule has 0 aliphatic carbocycles. The zero-order valence-electron chi connectivity index (χ0n) is 10.1. The summed E-state index contributed by atoms with van der Waals surface area (Å²) >= 11 is 0. The molecule has 0 aliphatic heterocycles. The van der Waals surface area contributed by atoms with Crippen molar-refractivity contribution >= 4 is 15.7 Å². The van der Waals surface area contributed by atoms with E-state index in [1.54, 1.807) is 12.1 Å². The second-order valence-corrected chi connectivity index (χ2v) is 5.76. The van der Waals surface area contributed by atoms with Gasteiger partial charge >= 0.3 is 0 Å². The second-order valence-electron chi connectivity index (χ2n) is 4.08. The zero-order chi connectivity index (χ0) is 14.0. The number of hydrogen-bond donors (Lipinski definition) is 2. The third kappa shape index (κ3) is 3.03. The highest BCUT2D eigenvalue weighted by Gasteiger charge is 2.15. The summed E-state index contributed by atoms with van der Waals surface area (Å²) in [5.74, 6) is -1.11. The SMILES string of the molecule is Cc1ccc(S(=O)(=O)Nc2ccc(F)cc2O)cc1. The Kier molecular flexibility index (Phi) is 3.44. The molecule has 4 nitrogen and oxygen atoms in total. The number of benzene rings is 2. The van der Waals surface area contributed by atoms with Crippen molar-refractivity contribution in [2.75, 3.05) is 4.72 Å². The quantitative estimate of drug-likeness (QED) is 0.850. The largest absolute Gasteiger partial charge is 0.506 e. The molecule has 0 amide bonds. The molecular weight excluding hydrogens is 269 g/mol. The maximum absolute atomic E-state index is 12.8. The number of rotatable bonds is 3. The number of aromatic hydroxyl groups is 1. The predicted octanol–water partition coefficient (Wildman–Crippen LogP) is 2.64. The van der Waals surface area contributed by atoms with Gasteiger partial charge in [-0.05, 0) is 31.2 Å². The van der Waals surface area contributed by atoms with Crippen LogP contribution in [-0.2, 0) is 10.0 Å². The zero-order valence-corrected chi connectivity index (χ0v) is 10.9. The minimum Gasteiger partial charge on any atom is -0.506 e. The summed E-state index contributed by atoms with van der Waals surface area (Å²) < 4.78 is 39.1. The first-order chi connectivity index (χ1) is 8.88. The van der Waals surface area contributed by atoms with Crippen LogP contribution in [0.25, 0.3) is 0 Å². The van der Waals surface area contributed by atoms with Crippen molar-refractivity contribution in [2.24, 2.45) is 0 Å². The average Bonchev–Trinajstić information content (AvgIpc) is 2.33. The van der Waals surface area contributed by atoms with E-state index in [1.165, 1.54) is 12.1 Å². The molecule has 0 aromatic heterocycles. The fourth-order valence-electron chi connectivity index (χ4n) is 1.51. The van der Waals surface area contributed by atoms with Gasteiger partial charge in [-0.3, -0.25) is 4.72 Å². The molecular formula is C13H12FNO3S.